The highest BCUT2D eigenvalue weighted by atomic mass is 79.9. The molecule has 0 heterocycles. The summed E-state index contributed by atoms with van der Waals surface area (Å²) in [6, 6.07) is 5.33. The molecular formula is C13H19BrN2O. The van der Waals surface area contributed by atoms with Crippen molar-refractivity contribution in [3.63, 3.8) is 0 Å². The number of benzene rings is 1. The summed E-state index contributed by atoms with van der Waals surface area (Å²) < 4.78 is 0.877. The van der Waals surface area contributed by atoms with E-state index in [4.69, 9.17) is 5.73 Å². The molecule has 0 saturated heterocycles. The van der Waals surface area contributed by atoms with E-state index in [1.807, 2.05) is 39.0 Å². The summed E-state index contributed by atoms with van der Waals surface area (Å²) in [7, 11) is 0. The predicted octanol–water partition coefficient (Wildman–Crippen LogP) is 3.07. The van der Waals surface area contributed by atoms with E-state index in [1.165, 1.54) is 0 Å². The summed E-state index contributed by atoms with van der Waals surface area (Å²) in [5.74, 6) is 0.0446. The third-order valence-corrected chi connectivity index (χ3v) is 3.60. The van der Waals surface area contributed by atoms with Gasteiger partial charge in [0.15, 0.2) is 0 Å². The zero-order valence-corrected chi connectivity index (χ0v) is 12.0. The molecular weight excluding hydrogens is 280 g/mol. The van der Waals surface area contributed by atoms with Gasteiger partial charge in [-0.25, -0.2) is 0 Å². The van der Waals surface area contributed by atoms with Crippen molar-refractivity contribution in [2.75, 3.05) is 5.32 Å². The summed E-state index contributed by atoms with van der Waals surface area (Å²) in [6.07, 6.45) is 0.893. The molecule has 0 aliphatic carbocycles. The molecule has 2 atom stereocenters. The Morgan fingerprint density at radius 1 is 1.53 bits per heavy atom. The van der Waals surface area contributed by atoms with Crippen LogP contribution in [-0.2, 0) is 4.79 Å². The van der Waals surface area contributed by atoms with Crippen molar-refractivity contribution >= 4 is 27.5 Å². The summed E-state index contributed by atoms with van der Waals surface area (Å²) >= 11 is 3.42. The fourth-order valence-electron chi connectivity index (χ4n) is 1.45. The first-order chi connectivity index (χ1) is 7.95. The van der Waals surface area contributed by atoms with Gasteiger partial charge in [-0.1, -0.05) is 26.3 Å². The standard InChI is InChI=1S/C13H19BrN2O/c1-4-9(3)12(15)13(17)16-11-6-5-8(2)7-10(11)14/h5-7,9,12H,4,15H2,1-3H3,(H,16,17). The Morgan fingerprint density at radius 3 is 2.71 bits per heavy atom. The van der Waals surface area contributed by atoms with E-state index >= 15 is 0 Å². The number of hydrogen-bond donors (Lipinski definition) is 2. The molecule has 1 aromatic rings. The van der Waals surface area contributed by atoms with Crippen molar-refractivity contribution in [2.45, 2.75) is 33.2 Å². The van der Waals surface area contributed by atoms with Crippen LogP contribution >= 0.6 is 15.9 Å². The number of carbonyl (C=O) groups is 1. The fourth-order valence-corrected chi connectivity index (χ4v) is 2.04. The number of halogens is 1. The van der Waals surface area contributed by atoms with Crippen molar-refractivity contribution in [3.05, 3.63) is 28.2 Å². The average molecular weight is 299 g/mol. The van der Waals surface area contributed by atoms with Crippen LogP contribution in [0.25, 0.3) is 0 Å². The lowest BCUT2D eigenvalue weighted by atomic mass is 9.99. The molecule has 2 unspecified atom stereocenters. The third-order valence-electron chi connectivity index (χ3n) is 2.94. The molecule has 0 saturated carbocycles. The third kappa shape index (κ3) is 3.82. The number of carbonyl (C=O) groups excluding carboxylic acids is 1. The van der Waals surface area contributed by atoms with Crippen molar-refractivity contribution in [2.24, 2.45) is 11.7 Å². The molecule has 0 fully saturated rings. The summed E-state index contributed by atoms with van der Waals surface area (Å²) in [4.78, 5) is 11.9. The van der Waals surface area contributed by atoms with Gasteiger partial charge >= 0.3 is 0 Å². The SMILES string of the molecule is CCC(C)C(N)C(=O)Nc1ccc(C)cc1Br. The van der Waals surface area contributed by atoms with Crippen LogP contribution < -0.4 is 11.1 Å². The Bertz CT molecular complexity index is 406. The Labute approximate surface area is 111 Å². The highest BCUT2D eigenvalue weighted by molar-refractivity contribution is 9.10. The van der Waals surface area contributed by atoms with Crippen LogP contribution in [0.4, 0.5) is 5.69 Å². The lowest BCUT2D eigenvalue weighted by molar-refractivity contribution is -0.118. The normalized spacial score (nSPS) is 14.2. The molecule has 0 aliphatic heterocycles. The molecule has 4 heteroatoms. The van der Waals surface area contributed by atoms with E-state index in [-0.39, 0.29) is 11.8 Å². The lowest BCUT2D eigenvalue weighted by Gasteiger charge is -2.18. The smallest absolute Gasteiger partial charge is 0.241 e. The molecule has 0 bridgehead atoms. The van der Waals surface area contributed by atoms with Crippen LogP contribution in [0.2, 0.25) is 0 Å². The molecule has 0 aromatic heterocycles. The van der Waals surface area contributed by atoms with E-state index in [2.05, 4.69) is 21.2 Å². The highest BCUT2D eigenvalue weighted by Crippen LogP contribution is 2.23. The average Bonchev–Trinajstić information content (AvgIpc) is 2.30. The van der Waals surface area contributed by atoms with Gasteiger partial charge in [-0.15, -0.1) is 0 Å². The molecule has 0 aliphatic rings. The number of aryl methyl sites for hydroxylation is 1. The minimum Gasteiger partial charge on any atom is -0.324 e. The van der Waals surface area contributed by atoms with Gasteiger partial charge < -0.3 is 11.1 Å². The van der Waals surface area contributed by atoms with Gasteiger partial charge in [0.05, 0.1) is 11.7 Å². The maximum atomic E-state index is 11.9. The number of anilines is 1. The Balaban J connectivity index is 2.74. The molecule has 3 nitrogen and oxygen atoms in total. The maximum Gasteiger partial charge on any atom is 0.241 e. The van der Waals surface area contributed by atoms with Crippen LogP contribution in [-0.4, -0.2) is 11.9 Å². The Kier molecular flexibility index (Phi) is 5.15. The fraction of sp³-hybridized carbons (Fsp3) is 0.462. The summed E-state index contributed by atoms with van der Waals surface area (Å²) in [6.45, 7) is 6.01. The minimum absolute atomic E-state index is 0.135. The second-order valence-corrected chi connectivity index (χ2v) is 5.24. The van der Waals surface area contributed by atoms with Crippen LogP contribution in [0.1, 0.15) is 25.8 Å². The monoisotopic (exact) mass is 298 g/mol. The van der Waals surface area contributed by atoms with Gasteiger partial charge in [0, 0.05) is 4.47 Å². The number of rotatable bonds is 4. The van der Waals surface area contributed by atoms with E-state index in [1.54, 1.807) is 0 Å². The van der Waals surface area contributed by atoms with Crippen molar-refractivity contribution in [1.29, 1.82) is 0 Å². The van der Waals surface area contributed by atoms with E-state index in [0.717, 1.165) is 22.1 Å². The largest absolute Gasteiger partial charge is 0.324 e. The lowest BCUT2D eigenvalue weighted by Crippen LogP contribution is -2.40. The van der Waals surface area contributed by atoms with E-state index in [9.17, 15) is 4.79 Å². The van der Waals surface area contributed by atoms with E-state index < -0.39 is 6.04 Å². The number of amides is 1. The Morgan fingerprint density at radius 2 is 2.18 bits per heavy atom. The predicted molar refractivity (Wildman–Crippen MR) is 74.9 cm³/mol. The molecule has 1 rings (SSSR count). The summed E-state index contributed by atoms with van der Waals surface area (Å²) in [5.41, 5.74) is 7.77. The molecule has 0 spiro atoms. The molecule has 3 N–H and O–H groups in total. The molecule has 17 heavy (non-hydrogen) atoms. The number of nitrogens with one attached hydrogen (secondary N) is 1. The van der Waals surface area contributed by atoms with Crippen LogP contribution in [0.3, 0.4) is 0 Å². The second-order valence-electron chi connectivity index (χ2n) is 4.38. The first-order valence-electron chi connectivity index (χ1n) is 5.78. The first-order valence-corrected chi connectivity index (χ1v) is 6.57. The molecule has 94 valence electrons. The van der Waals surface area contributed by atoms with Crippen molar-refractivity contribution < 1.29 is 4.79 Å². The van der Waals surface area contributed by atoms with Gasteiger partial charge in [0.2, 0.25) is 5.91 Å². The van der Waals surface area contributed by atoms with Gasteiger partial charge in [-0.3, -0.25) is 4.79 Å². The zero-order valence-electron chi connectivity index (χ0n) is 10.5. The molecule has 0 radical (unpaired) electrons. The number of nitrogens with two attached hydrogens (primary N) is 1. The maximum absolute atomic E-state index is 11.9. The van der Waals surface area contributed by atoms with Crippen molar-refractivity contribution in [1.82, 2.24) is 0 Å². The van der Waals surface area contributed by atoms with Gasteiger partial charge in [-0.05, 0) is 46.5 Å². The highest BCUT2D eigenvalue weighted by Gasteiger charge is 2.19. The van der Waals surface area contributed by atoms with Gasteiger partial charge in [0.25, 0.3) is 0 Å². The Hall–Kier alpha value is -0.870. The second kappa shape index (κ2) is 6.17. The van der Waals surface area contributed by atoms with E-state index in [0.29, 0.717) is 0 Å². The van der Waals surface area contributed by atoms with Crippen LogP contribution in [0.15, 0.2) is 22.7 Å². The molecule has 1 amide bonds. The van der Waals surface area contributed by atoms with Gasteiger partial charge in [0.1, 0.15) is 0 Å². The topological polar surface area (TPSA) is 55.1 Å². The zero-order chi connectivity index (χ0) is 13.0. The first kappa shape index (κ1) is 14.2. The molecule has 1 aromatic carbocycles. The van der Waals surface area contributed by atoms with Gasteiger partial charge in [-0.2, -0.15) is 0 Å². The van der Waals surface area contributed by atoms with Crippen molar-refractivity contribution in [3.8, 4) is 0 Å². The number of hydrogen-bond acceptors (Lipinski definition) is 2. The minimum atomic E-state index is -0.465. The summed E-state index contributed by atoms with van der Waals surface area (Å²) in [5, 5.41) is 2.84. The van der Waals surface area contributed by atoms with Crippen LogP contribution in [0, 0.1) is 12.8 Å². The quantitative estimate of drug-likeness (QED) is 0.897. The van der Waals surface area contributed by atoms with Crippen LogP contribution in [0.5, 0.6) is 0 Å².